The monoisotopic (exact) mass is 380 g/mol. The molecule has 0 fully saturated rings. The van der Waals surface area contributed by atoms with Gasteiger partial charge in [0.2, 0.25) is 10.0 Å². The van der Waals surface area contributed by atoms with Crippen LogP contribution in [0, 0.1) is 0 Å². The molecule has 0 aliphatic heterocycles. The summed E-state index contributed by atoms with van der Waals surface area (Å²) in [5.41, 5.74) is -0.539. The van der Waals surface area contributed by atoms with Crippen LogP contribution in [0.25, 0.3) is 0 Å². The maximum absolute atomic E-state index is 12.3. The lowest BCUT2D eigenvalue weighted by Gasteiger charge is -2.15. The van der Waals surface area contributed by atoms with E-state index in [1.54, 1.807) is 12.1 Å². The van der Waals surface area contributed by atoms with Gasteiger partial charge in [-0.15, -0.1) is 0 Å². The second-order valence-electron chi connectivity index (χ2n) is 3.98. The number of aromatic nitrogens is 1. The molecule has 2 rings (SSSR count). The minimum absolute atomic E-state index is 0.0602. The summed E-state index contributed by atoms with van der Waals surface area (Å²) in [4.78, 5) is 13.3. The Labute approximate surface area is 128 Å². The summed E-state index contributed by atoms with van der Waals surface area (Å²) in [6.07, 6.45) is 1.11. The molecule has 0 bridgehead atoms. The Bertz CT molecular complexity index is 784. The normalized spacial score (nSPS) is 12.0. The number of nitrogens with one attached hydrogen (secondary N) is 1. The first-order chi connectivity index (χ1) is 9.30. The Hall–Kier alpha value is -1.09. The first-order valence-electron chi connectivity index (χ1n) is 5.39. The van der Waals surface area contributed by atoms with Crippen LogP contribution in [0.5, 0.6) is 0 Å². The summed E-state index contributed by atoms with van der Waals surface area (Å²) in [5.74, 6) is 0.485. The van der Waals surface area contributed by atoms with Crippen molar-refractivity contribution in [1.29, 1.82) is 0 Å². The average molecular weight is 382 g/mol. The van der Waals surface area contributed by atoms with E-state index in [0.29, 0.717) is 10.4 Å². The molecule has 0 aliphatic rings. The summed E-state index contributed by atoms with van der Waals surface area (Å²) < 4.78 is 31.5. The number of sulfonamides is 1. The highest BCUT2D eigenvalue weighted by atomic mass is 79.9. The van der Waals surface area contributed by atoms with Crippen LogP contribution >= 0.6 is 27.5 Å². The molecule has 0 radical (unpaired) electrons. The first kappa shape index (κ1) is 15.3. The number of nitrogens with zero attached hydrogens (tertiary/aromatic N) is 1. The van der Waals surface area contributed by atoms with Crippen LogP contribution in [0.1, 0.15) is 5.76 Å². The molecule has 0 amide bonds. The van der Waals surface area contributed by atoms with E-state index in [0.717, 1.165) is 16.6 Å². The molecule has 0 spiro atoms. The van der Waals surface area contributed by atoms with Crippen LogP contribution in [-0.2, 0) is 16.6 Å². The van der Waals surface area contributed by atoms with Gasteiger partial charge in [-0.3, -0.25) is 4.79 Å². The molecular weight excluding hydrogens is 372 g/mol. The van der Waals surface area contributed by atoms with Gasteiger partial charge in [0.05, 0.1) is 11.4 Å². The van der Waals surface area contributed by atoms with E-state index < -0.39 is 15.6 Å². The molecule has 0 saturated heterocycles. The molecule has 2 aromatic rings. The summed E-state index contributed by atoms with van der Waals surface area (Å²) in [5, 5.41) is -0.180. The minimum atomic E-state index is -3.76. The zero-order valence-electron chi connectivity index (χ0n) is 10.3. The van der Waals surface area contributed by atoms with Crippen LogP contribution in [0.4, 0.5) is 0 Å². The van der Waals surface area contributed by atoms with Crippen LogP contribution in [0.15, 0.2) is 43.2 Å². The molecule has 2 aromatic heterocycles. The van der Waals surface area contributed by atoms with Crippen molar-refractivity contribution in [3.63, 3.8) is 0 Å². The average Bonchev–Trinajstić information content (AvgIpc) is 2.78. The molecule has 108 valence electrons. The van der Waals surface area contributed by atoms with Gasteiger partial charge < -0.3 is 9.40 Å². The predicted molar refractivity (Wildman–Crippen MR) is 77.1 cm³/mol. The number of halogens is 2. The molecule has 0 saturated carbocycles. The smallest absolute Gasteiger partial charge is 0.266 e. The Morgan fingerprint density at radius 2 is 2.15 bits per heavy atom. The summed E-state index contributed by atoms with van der Waals surface area (Å²) >= 11 is 8.78. The second kappa shape index (κ2) is 5.72. The standard InChI is InChI=1S/C11H10BrClN2O4S/c1-15(6-7-2-3-10(12)19-7)20(17,18)8-4-9(13)11(16)14-5-8/h2-5H,6H2,1H3,(H,14,16). The molecule has 0 unspecified atom stereocenters. The van der Waals surface area contributed by atoms with Crippen molar-refractivity contribution in [2.45, 2.75) is 11.4 Å². The lowest BCUT2D eigenvalue weighted by molar-refractivity contribution is 0.398. The van der Waals surface area contributed by atoms with E-state index in [4.69, 9.17) is 16.0 Å². The van der Waals surface area contributed by atoms with Crippen molar-refractivity contribution in [2.24, 2.45) is 0 Å². The molecule has 9 heteroatoms. The van der Waals surface area contributed by atoms with E-state index in [2.05, 4.69) is 20.9 Å². The molecule has 0 atom stereocenters. The van der Waals surface area contributed by atoms with E-state index in [-0.39, 0.29) is 16.5 Å². The van der Waals surface area contributed by atoms with Gasteiger partial charge in [-0.1, -0.05) is 11.6 Å². The van der Waals surface area contributed by atoms with Gasteiger partial charge in [0.1, 0.15) is 10.8 Å². The van der Waals surface area contributed by atoms with Crippen LogP contribution in [0.3, 0.4) is 0 Å². The van der Waals surface area contributed by atoms with Crippen molar-refractivity contribution in [2.75, 3.05) is 7.05 Å². The number of hydrogen-bond acceptors (Lipinski definition) is 4. The summed E-state index contributed by atoms with van der Waals surface area (Å²) in [7, 11) is -2.36. The topological polar surface area (TPSA) is 83.4 Å². The lowest BCUT2D eigenvalue weighted by Crippen LogP contribution is -2.27. The summed E-state index contributed by atoms with van der Waals surface area (Å²) in [6, 6.07) is 4.45. The van der Waals surface area contributed by atoms with Crippen molar-refractivity contribution >= 4 is 37.6 Å². The fourth-order valence-electron chi connectivity index (χ4n) is 1.51. The molecule has 0 aliphatic carbocycles. The fraction of sp³-hybridized carbons (Fsp3) is 0.182. The number of hydrogen-bond donors (Lipinski definition) is 1. The van der Waals surface area contributed by atoms with E-state index in [1.807, 2.05) is 0 Å². The Morgan fingerprint density at radius 3 is 2.70 bits per heavy atom. The predicted octanol–water partition coefficient (Wildman–Crippen LogP) is 2.20. The number of furan rings is 1. The van der Waals surface area contributed by atoms with Gasteiger partial charge in [-0.25, -0.2) is 8.42 Å². The maximum atomic E-state index is 12.3. The second-order valence-corrected chi connectivity index (χ2v) is 7.21. The number of rotatable bonds is 4. The van der Waals surface area contributed by atoms with E-state index >= 15 is 0 Å². The number of pyridine rings is 1. The largest absolute Gasteiger partial charge is 0.453 e. The van der Waals surface area contributed by atoms with Gasteiger partial charge >= 0.3 is 0 Å². The molecule has 20 heavy (non-hydrogen) atoms. The zero-order valence-corrected chi connectivity index (χ0v) is 13.4. The van der Waals surface area contributed by atoms with Gasteiger partial charge in [0, 0.05) is 13.2 Å². The van der Waals surface area contributed by atoms with Gasteiger partial charge in [-0.05, 0) is 34.1 Å². The number of H-pyrrole nitrogens is 1. The molecule has 2 heterocycles. The van der Waals surface area contributed by atoms with Gasteiger partial charge in [0.15, 0.2) is 4.67 Å². The van der Waals surface area contributed by atoms with Gasteiger partial charge in [-0.2, -0.15) is 4.31 Å². The quantitative estimate of drug-likeness (QED) is 0.880. The van der Waals surface area contributed by atoms with Crippen molar-refractivity contribution in [3.05, 3.63) is 50.2 Å². The summed E-state index contributed by atoms with van der Waals surface area (Å²) in [6.45, 7) is 0.0602. The first-order valence-corrected chi connectivity index (χ1v) is 8.00. The Kier molecular flexibility index (Phi) is 4.38. The number of aromatic amines is 1. The minimum Gasteiger partial charge on any atom is -0.453 e. The van der Waals surface area contributed by atoms with Crippen molar-refractivity contribution < 1.29 is 12.8 Å². The zero-order chi connectivity index (χ0) is 14.9. The molecular formula is C11H10BrClN2O4S. The Morgan fingerprint density at radius 1 is 1.45 bits per heavy atom. The van der Waals surface area contributed by atoms with Crippen LogP contribution < -0.4 is 5.56 Å². The fourth-order valence-corrected chi connectivity index (χ4v) is 3.22. The third kappa shape index (κ3) is 3.14. The molecule has 1 N–H and O–H groups in total. The van der Waals surface area contributed by atoms with Gasteiger partial charge in [0.25, 0.3) is 5.56 Å². The van der Waals surface area contributed by atoms with Crippen molar-refractivity contribution in [1.82, 2.24) is 9.29 Å². The maximum Gasteiger partial charge on any atom is 0.266 e. The third-order valence-corrected chi connectivity index (χ3v) is 5.04. The Balaban J connectivity index is 2.29. The van der Waals surface area contributed by atoms with Crippen LogP contribution in [-0.4, -0.2) is 24.8 Å². The molecule has 6 nitrogen and oxygen atoms in total. The lowest BCUT2D eigenvalue weighted by atomic mass is 10.4. The van der Waals surface area contributed by atoms with Crippen molar-refractivity contribution in [3.8, 4) is 0 Å². The highest BCUT2D eigenvalue weighted by Gasteiger charge is 2.23. The molecule has 0 aromatic carbocycles. The highest BCUT2D eigenvalue weighted by Crippen LogP contribution is 2.20. The third-order valence-electron chi connectivity index (χ3n) is 2.55. The van der Waals surface area contributed by atoms with E-state index in [9.17, 15) is 13.2 Å². The highest BCUT2D eigenvalue weighted by molar-refractivity contribution is 9.10. The van der Waals surface area contributed by atoms with E-state index in [1.165, 1.54) is 7.05 Å². The van der Waals surface area contributed by atoms with Crippen LogP contribution in [0.2, 0.25) is 5.02 Å². The SMILES string of the molecule is CN(Cc1ccc(Br)o1)S(=O)(=O)c1c[nH]c(=O)c(Cl)c1.